The zero-order valence-corrected chi connectivity index (χ0v) is 9.52. The van der Waals surface area contributed by atoms with E-state index >= 15 is 0 Å². The van der Waals surface area contributed by atoms with Gasteiger partial charge in [0.1, 0.15) is 0 Å². The van der Waals surface area contributed by atoms with Gasteiger partial charge in [-0.2, -0.15) is 0 Å². The molecule has 96 valence electrons. The number of carboxylic acid groups (broad SMARTS) is 2. The van der Waals surface area contributed by atoms with Crippen LogP contribution in [0.1, 0.15) is 38.5 Å². The van der Waals surface area contributed by atoms with Crippen molar-refractivity contribution in [2.75, 3.05) is 13.1 Å². The van der Waals surface area contributed by atoms with Crippen molar-refractivity contribution in [2.45, 2.75) is 38.5 Å². The number of aliphatic carboxylic acids is 2. The number of carbonyl (C=O) groups is 2. The quantitative estimate of drug-likeness (QED) is 0.450. The van der Waals surface area contributed by atoms with E-state index in [1.165, 1.54) is 0 Å². The molecule has 0 fully saturated rings. The zero-order valence-electron chi connectivity index (χ0n) is 9.52. The Labute approximate surface area is 95.6 Å². The lowest BCUT2D eigenvalue weighted by molar-refractivity contribution is -0.139. The van der Waals surface area contributed by atoms with Crippen LogP contribution in [0.3, 0.4) is 0 Å². The van der Waals surface area contributed by atoms with Gasteiger partial charge in [-0.15, -0.1) is 0 Å². The highest BCUT2D eigenvalue weighted by Gasteiger charge is 1.99. The molecular weight excluding hydrogens is 212 g/mol. The highest BCUT2D eigenvalue weighted by Crippen LogP contribution is 1.98. The van der Waals surface area contributed by atoms with E-state index in [1.54, 1.807) is 0 Å². The fourth-order valence-corrected chi connectivity index (χ4v) is 0.841. The maximum absolute atomic E-state index is 9.90. The molecule has 0 unspecified atom stereocenters. The second-order valence-corrected chi connectivity index (χ2v) is 3.28. The molecule has 0 radical (unpaired) electrons. The van der Waals surface area contributed by atoms with Crippen molar-refractivity contribution in [2.24, 2.45) is 11.5 Å². The summed E-state index contributed by atoms with van der Waals surface area (Å²) in [5.41, 5.74) is 10.3. The minimum absolute atomic E-state index is 0.0628. The van der Waals surface area contributed by atoms with Crippen LogP contribution in [0.25, 0.3) is 0 Å². The Hall–Kier alpha value is -1.14. The average molecular weight is 234 g/mol. The molecule has 0 saturated carbocycles. The van der Waals surface area contributed by atoms with Crippen LogP contribution in [0.4, 0.5) is 0 Å². The van der Waals surface area contributed by atoms with Crippen LogP contribution in [0.2, 0.25) is 0 Å². The van der Waals surface area contributed by atoms with Gasteiger partial charge in [0.05, 0.1) is 0 Å². The van der Waals surface area contributed by atoms with Crippen molar-refractivity contribution in [1.29, 1.82) is 0 Å². The Balaban J connectivity index is 0. The Kier molecular flexibility index (Phi) is 15.0. The van der Waals surface area contributed by atoms with Crippen LogP contribution in [0, 0.1) is 0 Å². The van der Waals surface area contributed by atoms with E-state index in [0.717, 1.165) is 25.9 Å². The SMILES string of the molecule is NCCCCN.O=C(O)CCCCC(=O)O. The van der Waals surface area contributed by atoms with E-state index in [1.807, 2.05) is 0 Å². The van der Waals surface area contributed by atoms with Gasteiger partial charge in [-0.1, -0.05) is 0 Å². The van der Waals surface area contributed by atoms with Gasteiger partial charge in [0, 0.05) is 12.8 Å². The Morgan fingerprint density at radius 3 is 1.25 bits per heavy atom. The Morgan fingerprint density at radius 2 is 1.06 bits per heavy atom. The summed E-state index contributed by atoms with van der Waals surface area (Å²) in [5.74, 6) is -1.74. The molecule has 0 spiro atoms. The molecule has 0 aromatic heterocycles. The number of hydrogen-bond donors (Lipinski definition) is 4. The average Bonchev–Trinajstić information content (AvgIpc) is 2.22. The Morgan fingerprint density at radius 1 is 0.750 bits per heavy atom. The highest BCUT2D eigenvalue weighted by atomic mass is 16.4. The number of carboxylic acids is 2. The lowest BCUT2D eigenvalue weighted by atomic mass is 10.2. The summed E-state index contributed by atoms with van der Waals surface area (Å²) >= 11 is 0. The summed E-state index contributed by atoms with van der Waals surface area (Å²) < 4.78 is 0. The van der Waals surface area contributed by atoms with Gasteiger partial charge in [-0.05, 0) is 38.8 Å². The number of rotatable bonds is 8. The largest absolute Gasteiger partial charge is 0.481 e. The van der Waals surface area contributed by atoms with E-state index in [9.17, 15) is 9.59 Å². The topological polar surface area (TPSA) is 127 Å². The molecule has 6 nitrogen and oxygen atoms in total. The van der Waals surface area contributed by atoms with Gasteiger partial charge < -0.3 is 21.7 Å². The maximum atomic E-state index is 9.90. The van der Waals surface area contributed by atoms with Gasteiger partial charge in [0.15, 0.2) is 0 Å². The molecule has 0 saturated heterocycles. The molecule has 6 N–H and O–H groups in total. The van der Waals surface area contributed by atoms with E-state index in [0.29, 0.717) is 12.8 Å². The minimum Gasteiger partial charge on any atom is -0.481 e. The second kappa shape index (κ2) is 13.9. The van der Waals surface area contributed by atoms with Crippen LogP contribution < -0.4 is 11.5 Å². The number of unbranched alkanes of at least 4 members (excludes halogenated alkanes) is 2. The van der Waals surface area contributed by atoms with Crippen molar-refractivity contribution in [3.63, 3.8) is 0 Å². The first kappa shape index (κ1) is 17.3. The van der Waals surface area contributed by atoms with Crippen molar-refractivity contribution in [3.05, 3.63) is 0 Å². The first-order chi connectivity index (χ1) is 7.54. The van der Waals surface area contributed by atoms with E-state index in [4.69, 9.17) is 21.7 Å². The first-order valence-corrected chi connectivity index (χ1v) is 5.38. The molecule has 0 atom stereocenters. The van der Waals surface area contributed by atoms with Gasteiger partial charge in [-0.3, -0.25) is 9.59 Å². The molecule has 0 bridgehead atoms. The summed E-state index contributed by atoms with van der Waals surface area (Å²) in [6.45, 7) is 1.55. The summed E-state index contributed by atoms with van der Waals surface area (Å²) in [7, 11) is 0. The molecule has 0 aliphatic rings. The third kappa shape index (κ3) is 23.0. The van der Waals surface area contributed by atoms with Gasteiger partial charge in [0.2, 0.25) is 0 Å². The molecule has 0 aliphatic heterocycles. The van der Waals surface area contributed by atoms with E-state index in [-0.39, 0.29) is 12.8 Å². The predicted octanol–water partition coefficient (Wildman–Crippen LogP) is 0.400. The second-order valence-electron chi connectivity index (χ2n) is 3.28. The number of hydrogen-bond acceptors (Lipinski definition) is 4. The molecule has 0 aromatic rings. The molecule has 6 heteroatoms. The minimum atomic E-state index is -0.870. The van der Waals surface area contributed by atoms with Crippen molar-refractivity contribution in [1.82, 2.24) is 0 Å². The van der Waals surface area contributed by atoms with Crippen LogP contribution in [-0.4, -0.2) is 35.2 Å². The van der Waals surface area contributed by atoms with Gasteiger partial charge in [-0.25, -0.2) is 0 Å². The molecule has 16 heavy (non-hydrogen) atoms. The lowest BCUT2D eigenvalue weighted by Crippen LogP contribution is -2.03. The smallest absolute Gasteiger partial charge is 0.303 e. The van der Waals surface area contributed by atoms with Crippen molar-refractivity contribution < 1.29 is 19.8 Å². The predicted molar refractivity (Wildman–Crippen MR) is 61.1 cm³/mol. The number of nitrogens with two attached hydrogens (primary N) is 2. The molecule has 0 rings (SSSR count). The van der Waals surface area contributed by atoms with Crippen LogP contribution in [-0.2, 0) is 9.59 Å². The molecule has 0 aromatic carbocycles. The highest BCUT2D eigenvalue weighted by molar-refractivity contribution is 5.67. The first-order valence-electron chi connectivity index (χ1n) is 5.38. The van der Waals surface area contributed by atoms with Crippen LogP contribution in [0.5, 0.6) is 0 Å². The summed E-state index contributed by atoms with van der Waals surface area (Å²) in [6, 6.07) is 0. The molecular formula is C10H22N2O4. The molecule has 0 amide bonds. The van der Waals surface area contributed by atoms with E-state index < -0.39 is 11.9 Å². The third-order valence-electron chi connectivity index (χ3n) is 1.69. The maximum Gasteiger partial charge on any atom is 0.303 e. The van der Waals surface area contributed by atoms with Crippen LogP contribution >= 0.6 is 0 Å². The normalized spacial score (nSPS) is 9.12. The van der Waals surface area contributed by atoms with Crippen molar-refractivity contribution >= 4 is 11.9 Å². The standard InChI is InChI=1S/C6H10O4.C4H12N2/c7-5(8)3-1-2-4-6(9)10;5-3-1-2-4-6/h1-4H2,(H,7,8)(H,9,10);1-6H2. The Bertz CT molecular complexity index is 166. The van der Waals surface area contributed by atoms with Gasteiger partial charge in [0.25, 0.3) is 0 Å². The summed E-state index contributed by atoms with van der Waals surface area (Å²) in [4.78, 5) is 19.8. The molecule has 0 aliphatic carbocycles. The summed E-state index contributed by atoms with van der Waals surface area (Å²) in [6.07, 6.45) is 3.15. The fourth-order valence-electron chi connectivity index (χ4n) is 0.841. The third-order valence-corrected chi connectivity index (χ3v) is 1.69. The molecule has 0 heterocycles. The monoisotopic (exact) mass is 234 g/mol. The zero-order chi connectivity index (χ0) is 12.8. The van der Waals surface area contributed by atoms with Crippen LogP contribution in [0.15, 0.2) is 0 Å². The van der Waals surface area contributed by atoms with Crippen molar-refractivity contribution in [3.8, 4) is 0 Å². The lowest BCUT2D eigenvalue weighted by Gasteiger charge is -1.92. The fraction of sp³-hybridized carbons (Fsp3) is 0.800. The van der Waals surface area contributed by atoms with Gasteiger partial charge >= 0.3 is 11.9 Å². The van der Waals surface area contributed by atoms with E-state index in [2.05, 4.69) is 0 Å². The summed E-state index contributed by atoms with van der Waals surface area (Å²) in [5, 5.41) is 16.3.